The summed E-state index contributed by atoms with van der Waals surface area (Å²) in [4.78, 5) is 4.40. The molecule has 0 spiro atoms. The second-order valence-corrected chi connectivity index (χ2v) is 5.69. The number of nitrogens with zero attached hydrogens (tertiary/aromatic N) is 5. The van der Waals surface area contributed by atoms with Gasteiger partial charge in [0.15, 0.2) is 5.65 Å². The number of allylic oxidation sites excluding steroid dienone is 1. The van der Waals surface area contributed by atoms with Gasteiger partial charge >= 0.3 is 0 Å². The first-order valence-electron chi connectivity index (χ1n) is 7.49. The molecule has 3 aromatic rings. The summed E-state index contributed by atoms with van der Waals surface area (Å²) in [7, 11) is 0. The van der Waals surface area contributed by atoms with Gasteiger partial charge in [-0.1, -0.05) is 29.8 Å². The Labute approximate surface area is 140 Å². The third-order valence-corrected chi connectivity index (χ3v) is 3.77. The lowest BCUT2D eigenvalue weighted by molar-refractivity contribution is 0.880. The smallest absolute Gasteiger partial charge is 0.174 e. The van der Waals surface area contributed by atoms with Gasteiger partial charge < -0.3 is 0 Å². The Balaban J connectivity index is 2.24. The van der Waals surface area contributed by atoms with Crippen molar-refractivity contribution in [3.8, 4) is 12.1 Å². The molecular formula is C19H15N5. The molecule has 2 aromatic heterocycles. The minimum Gasteiger partial charge on any atom is -0.233 e. The molecule has 3 rings (SSSR count). The van der Waals surface area contributed by atoms with Crippen LogP contribution in [-0.2, 0) is 0 Å². The van der Waals surface area contributed by atoms with Crippen molar-refractivity contribution >= 4 is 17.3 Å². The number of rotatable bonds is 2. The van der Waals surface area contributed by atoms with Gasteiger partial charge in [0.05, 0.1) is 5.57 Å². The zero-order valence-electron chi connectivity index (χ0n) is 13.7. The highest BCUT2D eigenvalue weighted by Crippen LogP contribution is 2.24. The Bertz CT molecular complexity index is 1040. The normalized spacial score (nSPS) is 11.3. The fraction of sp³-hybridized carbons (Fsp3) is 0.158. The lowest BCUT2D eigenvalue weighted by atomic mass is 10.1. The van der Waals surface area contributed by atoms with Crippen LogP contribution in [0.3, 0.4) is 0 Å². The van der Waals surface area contributed by atoms with Gasteiger partial charge in [0, 0.05) is 11.4 Å². The molecule has 0 aliphatic carbocycles. The van der Waals surface area contributed by atoms with E-state index in [2.05, 4.69) is 22.2 Å². The largest absolute Gasteiger partial charge is 0.233 e. The number of benzene rings is 1. The SMILES string of the molecule is Cc1ccc(/C=C(\C#N)c2nn3c(C)cc(C)nc3c2C#N)cc1. The van der Waals surface area contributed by atoms with Crippen molar-refractivity contribution in [2.75, 3.05) is 0 Å². The monoisotopic (exact) mass is 313 g/mol. The Hall–Kier alpha value is -3.44. The molecule has 0 unspecified atom stereocenters. The average molecular weight is 313 g/mol. The molecule has 0 aliphatic heterocycles. The number of hydrogen-bond acceptors (Lipinski definition) is 4. The Morgan fingerprint density at radius 2 is 1.83 bits per heavy atom. The van der Waals surface area contributed by atoms with Gasteiger partial charge in [-0.05, 0) is 38.5 Å². The van der Waals surface area contributed by atoms with E-state index in [1.165, 1.54) is 0 Å². The molecule has 0 fully saturated rings. The van der Waals surface area contributed by atoms with Gasteiger partial charge in [-0.15, -0.1) is 0 Å². The molecule has 0 atom stereocenters. The van der Waals surface area contributed by atoms with E-state index in [9.17, 15) is 10.5 Å². The molecule has 1 aromatic carbocycles. The molecule has 5 nitrogen and oxygen atoms in total. The van der Waals surface area contributed by atoms with E-state index in [4.69, 9.17) is 0 Å². The first-order chi connectivity index (χ1) is 11.5. The van der Waals surface area contributed by atoms with Crippen LogP contribution in [0, 0.1) is 43.4 Å². The van der Waals surface area contributed by atoms with E-state index in [0.29, 0.717) is 22.5 Å². The summed E-state index contributed by atoms with van der Waals surface area (Å²) in [5.41, 5.74) is 5.22. The summed E-state index contributed by atoms with van der Waals surface area (Å²) in [5, 5.41) is 23.6. The first-order valence-corrected chi connectivity index (χ1v) is 7.49. The number of nitriles is 2. The second kappa shape index (κ2) is 5.98. The summed E-state index contributed by atoms with van der Waals surface area (Å²) >= 11 is 0. The zero-order chi connectivity index (χ0) is 17.3. The van der Waals surface area contributed by atoms with E-state index >= 15 is 0 Å². The van der Waals surface area contributed by atoms with Crippen molar-refractivity contribution in [2.45, 2.75) is 20.8 Å². The van der Waals surface area contributed by atoms with Gasteiger partial charge in [0.2, 0.25) is 0 Å². The number of aromatic nitrogens is 3. The topological polar surface area (TPSA) is 77.8 Å². The maximum atomic E-state index is 9.57. The van der Waals surface area contributed by atoms with E-state index < -0.39 is 0 Å². The molecule has 0 saturated carbocycles. The summed E-state index contributed by atoms with van der Waals surface area (Å²) in [5.74, 6) is 0. The predicted octanol–water partition coefficient (Wildman–Crippen LogP) is 3.59. The predicted molar refractivity (Wildman–Crippen MR) is 91.8 cm³/mol. The van der Waals surface area contributed by atoms with Crippen molar-refractivity contribution in [3.63, 3.8) is 0 Å². The molecule has 5 heteroatoms. The number of hydrogen-bond donors (Lipinski definition) is 0. The fourth-order valence-corrected chi connectivity index (χ4v) is 2.60. The molecule has 0 saturated heterocycles. The summed E-state index contributed by atoms with van der Waals surface area (Å²) in [6.45, 7) is 5.77. The molecule has 0 aliphatic rings. The van der Waals surface area contributed by atoms with Crippen LogP contribution in [0.15, 0.2) is 30.3 Å². The Morgan fingerprint density at radius 1 is 1.12 bits per heavy atom. The van der Waals surface area contributed by atoms with Crippen molar-refractivity contribution in [1.82, 2.24) is 14.6 Å². The highest BCUT2D eigenvalue weighted by molar-refractivity contribution is 5.91. The van der Waals surface area contributed by atoms with Gasteiger partial charge in [0.1, 0.15) is 23.4 Å². The van der Waals surface area contributed by atoms with Gasteiger partial charge in [-0.2, -0.15) is 15.6 Å². The lowest BCUT2D eigenvalue weighted by Gasteiger charge is -1.99. The number of fused-ring (bicyclic) bond motifs is 1. The second-order valence-electron chi connectivity index (χ2n) is 5.69. The van der Waals surface area contributed by atoms with Gasteiger partial charge in [-0.3, -0.25) is 0 Å². The fourth-order valence-electron chi connectivity index (χ4n) is 2.60. The lowest BCUT2D eigenvalue weighted by Crippen LogP contribution is -1.97. The maximum absolute atomic E-state index is 9.57. The van der Waals surface area contributed by atoms with Gasteiger partial charge in [0.25, 0.3) is 0 Å². The van der Waals surface area contributed by atoms with E-state index in [-0.39, 0.29) is 0 Å². The molecule has 24 heavy (non-hydrogen) atoms. The van der Waals surface area contributed by atoms with Crippen LogP contribution in [0.5, 0.6) is 0 Å². The molecular weight excluding hydrogens is 298 g/mol. The highest BCUT2D eigenvalue weighted by Gasteiger charge is 2.18. The minimum absolute atomic E-state index is 0.321. The Kier molecular flexibility index (Phi) is 3.85. The van der Waals surface area contributed by atoms with Crippen LogP contribution < -0.4 is 0 Å². The van der Waals surface area contributed by atoms with Crippen LogP contribution in [0.25, 0.3) is 17.3 Å². The van der Waals surface area contributed by atoms with Crippen molar-refractivity contribution in [1.29, 1.82) is 10.5 Å². The van der Waals surface area contributed by atoms with Crippen molar-refractivity contribution < 1.29 is 0 Å². The van der Waals surface area contributed by atoms with Gasteiger partial charge in [-0.25, -0.2) is 9.50 Å². The van der Waals surface area contributed by atoms with Crippen molar-refractivity contribution in [2.24, 2.45) is 0 Å². The Morgan fingerprint density at radius 3 is 2.46 bits per heavy atom. The minimum atomic E-state index is 0.321. The van der Waals surface area contributed by atoms with E-state index in [0.717, 1.165) is 22.5 Å². The molecule has 0 N–H and O–H groups in total. The quantitative estimate of drug-likeness (QED) is 0.677. The summed E-state index contributed by atoms with van der Waals surface area (Å²) in [6.07, 6.45) is 1.74. The third-order valence-electron chi connectivity index (χ3n) is 3.77. The third kappa shape index (κ3) is 2.64. The molecule has 116 valence electrons. The summed E-state index contributed by atoms with van der Waals surface area (Å²) < 4.78 is 1.61. The molecule has 0 amide bonds. The van der Waals surface area contributed by atoms with Crippen LogP contribution >= 0.6 is 0 Å². The average Bonchev–Trinajstić information content (AvgIpc) is 2.93. The molecule has 0 radical (unpaired) electrons. The standard InChI is InChI=1S/C19H15N5/c1-12-4-6-15(7-5-12)9-16(10-20)18-17(11-21)19-22-13(2)8-14(3)24(19)23-18/h4-9H,1-3H3/b16-9+. The van der Waals surface area contributed by atoms with Crippen LogP contribution in [-0.4, -0.2) is 14.6 Å². The maximum Gasteiger partial charge on any atom is 0.174 e. The van der Waals surface area contributed by atoms with E-state index in [1.807, 2.05) is 51.1 Å². The van der Waals surface area contributed by atoms with Crippen LogP contribution in [0.4, 0.5) is 0 Å². The first kappa shape index (κ1) is 15.5. The van der Waals surface area contributed by atoms with Crippen molar-refractivity contribution in [3.05, 3.63) is 64.1 Å². The molecule has 2 heterocycles. The number of aryl methyl sites for hydroxylation is 3. The summed E-state index contributed by atoms with van der Waals surface area (Å²) in [6, 6.07) is 14.0. The van der Waals surface area contributed by atoms with E-state index in [1.54, 1.807) is 10.6 Å². The highest BCUT2D eigenvalue weighted by atomic mass is 15.3. The van der Waals surface area contributed by atoms with Crippen LogP contribution in [0.1, 0.15) is 33.8 Å². The molecule has 0 bridgehead atoms. The van der Waals surface area contributed by atoms with Crippen LogP contribution in [0.2, 0.25) is 0 Å². The zero-order valence-corrected chi connectivity index (χ0v) is 13.7.